The number of esters is 2. The summed E-state index contributed by atoms with van der Waals surface area (Å²) in [6, 6.07) is 0. The van der Waals surface area contributed by atoms with Crippen molar-refractivity contribution < 1.29 is 14.3 Å². The van der Waals surface area contributed by atoms with Crippen LogP contribution in [0.15, 0.2) is 0 Å². The Kier molecular flexibility index (Phi) is 35.7. The topological polar surface area (TPSA) is 43.4 Å². The molecule has 0 heterocycles. The van der Waals surface area contributed by atoms with Gasteiger partial charge in [-0.25, -0.2) is 0 Å². The summed E-state index contributed by atoms with van der Waals surface area (Å²) >= 11 is 2.64. The van der Waals surface area contributed by atoms with Gasteiger partial charge in [-0.2, -0.15) is 0 Å². The SMILES string of the molecule is CCCCCCCCC(=O)OC(=O)C(I)CCCCCCCC.[Cl][K].[NaH]. The fraction of sp³-hybridized carbons (Fsp3) is 0.895. The van der Waals surface area contributed by atoms with Gasteiger partial charge in [0.15, 0.2) is 0 Å². The minimum absolute atomic E-state index is 0. The first-order valence-corrected chi connectivity index (χ1v) is 15.4. The average molecular weight is 537 g/mol. The molecule has 0 spiro atoms. The number of carbonyl (C=O) groups excluding carboxylic acids is 2. The standard InChI is InChI=1S/C19H35IO3.ClH.K.Na.H/c1-3-5-7-9-11-13-15-17(20)19(22)23-18(21)16-14-12-10-8-6-4-2;;;;/h17H,3-16H2,1-2H3;1H;;;/q;;+1;;/p-1. The molecule has 0 bridgehead atoms. The van der Waals surface area contributed by atoms with Crippen LogP contribution in [0.4, 0.5) is 0 Å². The molecule has 0 saturated carbocycles. The van der Waals surface area contributed by atoms with Crippen molar-refractivity contribution in [1.82, 2.24) is 0 Å². The second kappa shape index (κ2) is 27.8. The van der Waals surface area contributed by atoms with Crippen molar-refractivity contribution in [2.24, 2.45) is 0 Å². The Hall–Kier alpha value is 2.80. The zero-order chi connectivity index (χ0) is 19.3. The van der Waals surface area contributed by atoms with Crippen molar-refractivity contribution in [3.8, 4) is 0 Å². The maximum absolute atomic E-state index is 11.8. The molecule has 0 amide bonds. The molecule has 26 heavy (non-hydrogen) atoms. The van der Waals surface area contributed by atoms with Gasteiger partial charge in [0.25, 0.3) is 0 Å². The van der Waals surface area contributed by atoms with Gasteiger partial charge in [-0.15, -0.1) is 0 Å². The van der Waals surface area contributed by atoms with Crippen molar-refractivity contribution in [2.75, 3.05) is 0 Å². The van der Waals surface area contributed by atoms with E-state index in [9.17, 15) is 9.59 Å². The summed E-state index contributed by atoms with van der Waals surface area (Å²) in [5, 5.41) is 0. The van der Waals surface area contributed by atoms with Gasteiger partial charge < -0.3 is 4.74 Å². The number of halogens is 2. The summed E-state index contributed by atoms with van der Waals surface area (Å²) in [6.07, 6.45) is 15.2. The first kappa shape index (κ1) is 33.4. The molecule has 3 nitrogen and oxygen atoms in total. The molecule has 0 aliphatic heterocycles. The molecule has 0 fully saturated rings. The zero-order valence-corrected chi connectivity index (χ0v) is 22.5. The van der Waals surface area contributed by atoms with E-state index in [1.54, 1.807) is 0 Å². The van der Waals surface area contributed by atoms with Gasteiger partial charge in [0.2, 0.25) is 0 Å². The Morgan fingerprint density at radius 3 is 1.77 bits per heavy atom. The van der Waals surface area contributed by atoms with E-state index < -0.39 is 0 Å². The summed E-state index contributed by atoms with van der Waals surface area (Å²) in [4.78, 5) is 23.5. The van der Waals surface area contributed by atoms with Crippen molar-refractivity contribution in [1.29, 1.82) is 0 Å². The first-order valence-electron chi connectivity index (χ1n) is 9.88. The van der Waals surface area contributed by atoms with Gasteiger partial charge in [0.1, 0.15) is 3.92 Å². The van der Waals surface area contributed by atoms with E-state index in [4.69, 9.17) is 8.50 Å². The van der Waals surface area contributed by atoms with Gasteiger partial charge in [-0.1, -0.05) is 107 Å². The van der Waals surface area contributed by atoms with Crippen LogP contribution in [0, 0.1) is 0 Å². The van der Waals surface area contributed by atoms with E-state index in [-0.39, 0.29) is 45.4 Å². The van der Waals surface area contributed by atoms with Gasteiger partial charge >= 0.3 is 92.4 Å². The van der Waals surface area contributed by atoms with Crippen molar-refractivity contribution in [2.45, 2.75) is 108 Å². The van der Waals surface area contributed by atoms with Crippen LogP contribution in [0.2, 0.25) is 0 Å². The third-order valence-electron chi connectivity index (χ3n) is 4.02. The summed E-state index contributed by atoms with van der Waals surface area (Å²) in [6.45, 7) is 4.40. The molecule has 0 aliphatic rings. The fourth-order valence-electron chi connectivity index (χ4n) is 2.50. The fourth-order valence-corrected chi connectivity index (χ4v) is 3.07. The van der Waals surface area contributed by atoms with Crippen LogP contribution in [0.3, 0.4) is 0 Å². The van der Waals surface area contributed by atoms with E-state index in [0.717, 1.165) is 25.7 Å². The molecule has 1 atom stereocenters. The summed E-state index contributed by atoms with van der Waals surface area (Å²) < 4.78 is 9.59. The molecule has 0 radical (unpaired) electrons. The molecule has 1 unspecified atom stereocenters. The molecular weight excluding hydrogens is 501 g/mol. The monoisotopic (exact) mass is 536 g/mol. The number of hydrogen-bond acceptors (Lipinski definition) is 3. The van der Waals surface area contributed by atoms with Gasteiger partial charge in [-0.05, 0) is 12.8 Å². The average Bonchev–Trinajstić information content (AvgIpc) is 2.62. The molecule has 0 N–H and O–H groups in total. The van der Waals surface area contributed by atoms with E-state index in [0.29, 0.717) is 53.6 Å². The van der Waals surface area contributed by atoms with Gasteiger partial charge in [0.05, 0.1) is 0 Å². The molecule has 0 aromatic rings. The third-order valence-corrected chi connectivity index (χ3v) is 5.15. The van der Waals surface area contributed by atoms with Crippen LogP contribution < -0.4 is 0 Å². The Morgan fingerprint density at radius 2 is 1.27 bits per heavy atom. The molecule has 0 saturated heterocycles. The molecular formula is C19H36ClIKNaO3. The molecule has 146 valence electrons. The first-order chi connectivity index (χ1) is 12.1. The summed E-state index contributed by atoms with van der Waals surface area (Å²) in [7, 11) is 0. The predicted molar refractivity (Wildman–Crippen MR) is 124 cm³/mol. The van der Waals surface area contributed by atoms with Crippen LogP contribution in [-0.4, -0.2) is 92.6 Å². The van der Waals surface area contributed by atoms with Crippen LogP contribution in [0.25, 0.3) is 0 Å². The Bertz CT molecular complexity index is 323. The van der Waals surface area contributed by atoms with Crippen molar-refractivity contribution in [3.05, 3.63) is 0 Å². The number of carbonyl (C=O) groups is 2. The molecule has 0 rings (SSSR count). The number of rotatable bonds is 15. The molecule has 0 aromatic heterocycles. The van der Waals surface area contributed by atoms with Crippen molar-refractivity contribution in [3.63, 3.8) is 0 Å². The second-order valence-corrected chi connectivity index (χ2v) is 7.84. The summed E-state index contributed by atoms with van der Waals surface area (Å²) in [5.74, 6) is -0.703. The van der Waals surface area contributed by atoms with E-state index in [2.05, 4.69) is 36.4 Å². The van der Waals surface area contributed by atoms with Gasteiger partial charge in [0, 0.05) is 6.42 Å². The van der Waals surface area contributed by atoms with Crippen molar-refractivity contribution >= 4 is 115 Å². The molecule has 7 heteroatoms. The van der Waals surface area contributed by atoms with Crippen LogP contribution >= 0.6 is 26.4 Å². The molecule has 0 aliphatic carbocycles. The Labute approximate surface area is 233 Å². The number of ether oxygens (including phenoxy) is 1. The predicted octanol–water partition coefficient (Wildman–Crippen LogP) is 6.02. The Morgan fingerprint density at radius 1 is 0.846 bits per heavy atom. The van der Waals surface area contributed by atoms with E-state index >= 15 is 0 Å². The van der Waals surface area contributed by atoms with E-state index in [1.165, 1.54) is 57.8 Å². The summed E-state index contributed by atoms with van der Waals surface area (Å²) in [5.41, 5.74) is 0. The number of alkyl halides is 1. The Balaban J connectivity index is -0.00000170. The van der Waals surface area contributed by atoms with Gasteiger partial charge in [-0.3, -0.25) is 9.59 Å². The van der Waals surface area contributed by atoms with Crippen LogP contribution in [0.5, 0.6) is 0 Å². The number of unbranched alkanes of at least 4 members (excludes halogenated alkanes) is 10. The minimum atomic E-state index is -0.352. The zero-order valence-electron chi connectivity index (χ0n) is 16.5. The third kappa shape index (κ3) is 24.8. The van der Waals surface area contributed by atoms with E-state index in [1.807, 2.05) is 0 Å². The maximum atomic E-state index is 11.8. The van der Waals surface area contributed by atoms with Crippen LogP contribution in [0.1, 0.15) is 104 Å². The normalized spacial score (nSPS) is 11.0. The number of hydrogen-bond donors (Lipinski definition) is 0. The quantitative estimate of drug-likeness (QED) is 0.0642. The van der Waals surface area contributed by atoms with Crippen LogP contribution in [-0.2, 0) is 14.3 Å². The molecule has 0 aromatic carbocycles. The second-order valence-electron chi connectivity index (χ2n) is 6.33.